The van der Waals surface area contributed by atoms with Gasteiger partial charge in [0.2, 0.25) is 0 Å². The predicted octanol–water partition coefficient (Wildman–Crippen LogP) is 5.66. The van der Waals surface area contributed by atoms with Crippen LogP contribution in [-0.4, -0.2) is 17.8 Å². The second-order valence-corrected chi connectivity index (χ2v) is 8.64. The number of carbonyl (C=O) groups is 3. The number of halogens is 2. The standard InChI is InChI=1S/C25H18BrClN2O4/c1-15-12-19(10-11-21(15)26)29-24(31)20(23(30)28-25(29)32)13-17-4-2-3-5-22(17)33-14-16-6-8-18(27)9-7-16/h2-13H,14H2,1H3,(H,28,30,32)/b20-13+. The van der Waals surface area contributed by atoms with Gasteiger partial charge in [-0.15, -0.1) is 0 Å². The number of hydrogen-bond acceptors (Lipinski definition) is 4. The van der Waals surface area contributed by atoms with Gasteiger partial charge >= 0.3 is 6.03 Å². The first-order valence-corrected chi connectivity index (χ1v) is 11.1. The van der Waals surface area contributed by atoms with E-state index in [0.717, 1.165) is 20.5 Å². The highest BCUT2D eigenvalue weighted by molar-refractivity contribution is 9.10. The van der Waals surface area contributed by atoms with Crippen LogP contribution < -0.4 is 15.0 Å². The average molecular weight is 526 g/mol. The van der Waals surface area contributed by atoms with Crippen LogP contribution in [0.4, 0.5) is 10.5 Å². The fourth-order valence-corrected chi connectivity index (χ4v) is 3.66. The number of rotatable bonds is 5. The van der Waals surface area contributed by atoms with Gasteiger partial charge in [0.05, 0.1) is 5.69 Å². The van der Waals surface area contributed by atoms with E-state index >= 15 is 0 Å². The van der Waals surface area contributed by atoms with Crippen LogP contribution >= 0.6 is 27.5 Å². The summed E-state index contributed by atoms with van der Waals surface area (Å²) in [6.07, 6.45) is 1.43. The number of anilines is 1. The van der Waals surface area contributed by atoms with Crippen LogP contribution in [0.2, 0.25) is 5.02 Å². The lowest BCUT2D eigenvalue weighted by Gasteiger charge is -2.26. The monoisotopic (exact) mass is 524 g/mol. The number of carbonyl (C=O) groups excluding carboxylic acids is 3. The van der Waals surface area contributed by atoms with Gasteiger partial charge in [0.1, 0.15) is 17.9 Å². The van der Waals surface area contributed by atoms with Gasteiger partial charge < -0.3 is 4.74 Å². The molecule has 1 heterocycles. The minimum Gasteiger partial charge on any atom is -0.488 e. The number of nitrogens with one attached hydrogen (secondary N) is 1. The van der Waals surface area contributed by atoms with E-state index in [1.165, 1.54) is 6.08 Å². The number of ether oxygens (including phenoxy) is 1. The first kappa shape index (κ1) is 22.8. The van der Waals surface area contributed by atoms with Crippen molar-refractivity contribution in [2.75, 3.05) is 4.90 Å². The Bertz CT molecular complexity index is 1290. The lowest BCUT2D eigenvalue weighted by atomic mass is 10.1. The molecule has 1 aliphatic rings. The van der Waals surface area contributed by atoms with Gasteiger partial charge in [0.25, 0.3) is 11.8 Å². The molecule has 33 heavy (non-hydrogen) atoms. The van der Waals surface area contributed by atoms with E-state index in [0.29, 0.717) is 22.0 Å². The fraction of sp³-hybridized carbons (Fsp3) is 0.0800. The molecular weight excluding hydrogens is 508 g/mol. The molecule has 4 rings (SSSR count). The molecule has 0 bridgehead atoms. The van der Waals surface area contributed by atoms with E-state index in [9.17, 15) is 14.4 Å². The number of barbiturate groups is 1. The summed E-state index contributed by atoms with van der Waals surface area (Å²) in [7, 11) is 0. The predicted molar refractivity (Wildman–Crippen MR) is 130 cm³/mol. The van der Waals surface area contributed by atoms with Crippen molar-refractivity contribution in [2.24, 2.45) is 0 Å². The first-order chi connectivity index (χ1) is 15.8. The third-order valence-electron chi connectivity index (χ3n) is 5.03. The van der Waals surface area contributed by atoms with E-state index < -0.39 is 17.8 Å². The molecule has 1 aliphatic heterocycles. The maximum Gasteiger partial charge on any atom is 0.335 e. The number of nitrogens with zero attached hydrogens (tertiary/aromatic N) is 1. The maximum atomic E-state index is 13.2. The SMILES string of the molecule is Cc1cc(N2C(=O)NC(=O)/C(=C\c3ccccc3OCc3ccc(Cl)cc3)C2=O)ccc1Br. The van der Waals surface area contributed by atoms with Gasteiger partial charge in [-0.05, 0) is 60.5 Å². The van der Waals surface area contributed by atoms with Crippen LogP contribution in [0.25, 0.3) is 6.08 Å². The van der Waals surface area contributed by atoms with Crippen LogP contribution in [0.15, 0.2) is 76.8 Å². The molecule has 0 aromatic heterocycles. The molecule has 4 amide bonds. The summed E-state index contributed by atoms with van der Waals surface area (Å²) in [5, 5.41) is 2.87. The number of urea groups is 1. The van der Waals surface area contributed by atoms with Crippen LogP contribution in [0, 0.1) is 6.92 Å². The zero-order chi connectivity index (χ0) is 23.5. The Balaban J connectivity index is 1.64. The Morgan fingerprint density at radius 2 is 1.76 bits per heavy atom. The largest absolute Gasteiger partial charge is 0.488 e. The van der Waals surface area contributed by atoms with Gasteiger partial charge in [-0.25, -0.2) is 9.69 Å². The Labute approximate surface area is 203 Å². The highest BCUT2D eigenvalue weighted by atomic mass is 79.9. The zero-order valence-corrected chi connectivity index (χ0v) is 19.8. The molecule has 1 N–H and O–H groups in total. The second-order valence-electron chi connectivity index (χ2n) is 7.34. The molecule has 1 fully saturated rings. The van der Waals surface area contributed by atoms with E-state index in [2.05, 4.69) is 21.2 Å². The smallest absolute Gasteiger partial charge is 0.335 e. The minimum absolute atomic E-state index is 0.169. The van der Waals surface area contributed by atoms with Crippen LogP contribution in [0.5, 0.6) is 5.75 Å². The van der Waals surface area contributed by atoms with E-state index in [4.69, 9.17) is 16.3 Å². The van der Waals surface area contributed by atoms with E-state index in [1.54, 1.807) is 54.6 Å². The quantitative estimate of drug-likeness (QED) is 0.345. The molecule has 6 nitrogen and oxygen atoms in total. The molecule has 166 valence electrons. The summed E-state index contributed by atoms with van der Waals surface area (Å²) in [4.78, 5) is 39.1. The topological polar surface area (TPSA) is 75.7 Å². The molecule has 0 aliphatic carbocycles. The number of imide groups is 2. The van der Waals surface area contributed by atoms with Gasteiger partial charge in [-0.3, -0.25) is 14.9 Å². The van der Waals surface area contributed by atoms with Gasteiger partial charge in [-0.1, -0.05) is 57.9 Å². The fourth-order valence-electron chi connectivity index (χ4n) is 3.29. The van der Waals surface area contributed by atoms with Crippen LogP contribution in [-0.2, 0) is 16.2 Å². The summed E-state index contributed by atoms with van der Waals surface area (Å²) < 4.78 is 6.76. The Morgan fingerprint density at radius 3 is 2.48 bits per heavy atom. The molecule has 3 aromatic rings. The van der Waals surface area contributed by atoms with Crippen molar-refractivity contribution in [3.05, 3.63) is 98.5 Å². The van der Waals surface area contributed by atoms with Crippen LogP contribution in [0.3, 0.4) is 0 Å². The van der Waals surface area contributed by atoms with Gasteiger partial charge in [-0.2, -0.15) is 0 Å². The maximum absolute atomic E-state index is 13.2. The Morgan fingerprint density at radius 1 is 1.03 bits per heavy atom. The van der Waals surface area contributed by atoms with Crippen molar-refractivity contribution in [3.8, 4) is 5.75 Å². The number of hydrogen-bond donors (Lipinski definition) is 1. The lowest BCUT2D eigenvalue weighted by Crippen LogP contribution is -2.54. The van der Waals surface area contributed by atoms with Crippen molar-refractivity contribution in [1.82, 2.24) is 5.32 Å². The highest BCUT2D eigenvalue weighted by Gasteiger charge is 2.37. The minimum atomic E-state index is -0.795. The Kier molecular flexibility index (Phi) is 6.62. The van der Waals surface area contributed by atoms with Crippen molar-refractivity contribution in [2.45, 2.75) is 13.5 Å². The molecule has 0 spiro atoms. The van der Waals surface area contributed by atoms with Crippen LogP contribution in [0.1, 0.15) is 16.7 Å². The molecule has 1 saturated heterocycles. The Hall–Kier alpha value is -3.42. The van der Waals surface area contributed by atoms with E-state index in [-0.39, 0.29) is 12.2 Å². The number of benzene rings is 3. The normalized spacial score (nSPS) is 15.1. The third-order valence-corrected chi connectivity index (χ3v) is 6.17. The van der Waals surface area contributed by atoms with Crippen molar-refractivity contribution in [3.63, 3.8) is 0 Å². The summed E-state index contributed by atoms with van der Waals surface area (Å²) in [6, 6.07) is 18.6. The first-order valence-electron chi connectivity index (χ1n) is 9.97. The molecule has 0 atom stereocenters. The third kappa shape index (κ3) is 4.99. The van der Waals surface area contributed by atoms with Crippen molar-refractivity contribution in [1.29, 1.82) is 0 Å². The van der Waals surface area contributed by atoms with Gasteiger partial charge in [0, 0.05) is 15.1 Å². The molecule has 0 unspecified atom stereocenters. The summed E-state index contributed by atoms with van der Waals surface area (Å²) in [5.41, 5.74) is 2.49. The summed E-state index contributed by atoms with van der Waals surface area (Å²) >= 11 is 9.33. The van der Waals surface area contributed by atoms with Crippen molar-refractivity contribution < 1.29 is 19.1 Å². The number of para-hydroxylation sites is 1. The number of amides is 4. The lowest BCUT2D eigenvalue weighted by molar-refractivity contribution is -0.122. The molecule has 3 aromatic carbocycles. The highest BCUT2D eigenvalue weighted by Crippen LogP contribution is 2.28. The second kappa shape index (κ2) is 9.60. The van der Waals surface area contributed by atoms with Gasteiger partial charge in [0.15, 0.2) is 0 Å². The zero-order valence-electron chi connectivity index (χ0n) is 17.5. The average Bonchev–Trinajstić information content (AvgIpc) is 2.79. The molecular formula is C25H18BrClN2O4. The van der Waals surface area contributed by atoms with E-state index in [1.807, 2.05) is 19.1 Å². The van der Waals surface area contributed by atoms with Crippen molar-refractivity contribution >= 4 is 57.1 Å². The number of aryl methyl sites for hydroxylation is 1. The molecule has 8 heteroatoms. The summed E-state index contributed by atoms with van der Waals surface area (Å²) in [6.45, 7) is 2.12. The molecule has 0 saturated carbocycles. The summed E-state index contributed by atoms with van der Waals surface area (Å²) in [5.74, 6) is -0.982. The molecule has 0 radical (unpaired) electrons.